The Kier molecular flexibility index (Phi) is 7.14. The number of aromatic hydroxyl groups is 1. The van der Waals surface area contributed by atoms with E-state index < -0.39 is 11.6 Å². The molecule has 2 bridgehead atoms. The molecule has 2 aromatic carbocycles. The predicted molar refractivity (Wildman–Crippen MR) is 161 cm³/mol. The zero-order chi connectivity index (χ0) is 29.7. The van der Waals surface area contributed by atoms with Crippen LogP contribution in [0, 0.1) is 24.0 Å². The average molecular weight is 586 g/mol. The highest BCUT2D eigenvalue weighted by molar-refractivity contribution is 6.04. The Labute approximate surface area is 248 Å². The highest BCUT2D eigenvalue weighted by Gasteiger charge is 2.33. The highest BCUT2D eigenvalue weighted by Crippen LogP contribution is 2.43. The van der Waals surface area contributed by atoms with E-state index in [1.165, 1.54) is 24.3 Å². The Balaban J connectivity index is 1.47. The van der Waals surface area contributed by atoms with Crippen LogP contribution in [0.1, 0.15) is 50.5 Å². The Morgan fingerprint density at radius 2 is 1.84 bits per heavy atom. The monoisotopic (exact) mass is 585 g/mol. The molecule has 0 amide bonds. The summed E-state index contributed by atoms with van der Waals surface area (Å²) in [4.78, 5) is 18.5. The fourth-order valence-corrected chi connectivity index (χ4v) is 6.87. The lowest BCUT2D eigenvalue weighted by Crippen LogP contribution is -2.40. The molecule has 10 heteroatoms. The Bertz CT molecular complexity index is 1770. The minimum Gasteiger partial charge on any atom is -0.508 e. The van der Waals surface area contributed by atoms with Gasteiger partial charge in [0.2, 0.25) is 5.88 Å². The van der Waals surface area contributed by atoms with Gasteiger partial charge >= 0.3 is 6.01 Å². The van der Waals surface area contributed by atoms with Gasteiger partial charge in [0.15, 0.2) is 5.82 Å². The summed E-state index contributed by atoms with van der Waals surface area (Å²) in [5.74, 6) is 1.57. The molecule has 5 heterocycles. The van der Waals surface area contributed by atoms with Crippen molar-refractivity contribution in [2.45, 2.75) is 57.1 Å². The maximum atomic E-state index is 16.8. The Hall–Kier alpha value is -4.23. The minimum atomic E-state index is -0.751. The van der Waals surface area contributed by atoms with E-state index in [0.717, 1.165) is 58.0 Å². The maximum Gasteiger partial charge on any atom is 0.319 e. The van der Waals surface area contributed by atoms with Gasteiger partial charge in [-0.3, -0.25) is 4.90 Å². The van der Waals surface area contributed by atoms with Crippen molar-refractivity contribution in [3.05, 3.63) is 41.5 Å². The number of hydrogen-bond acceptors (Lipinski definition) is 8. The predicted octanol–water partition coefficient (Wildman–Crippen LogP) is 5.81. The molecule has 2 atom stereocenters. The number of rotatable bonds is 2. The molecule has 7 rings (SSSR count). The number of ether oxygens (including phenoxy) is 2. The van der Waals surface area contributed by atoms with Crippen LogP contribution in [0.15, 0.2) is 24.3 Å². The first-order valence-electron chi connectivity index (χ1n) is 15.0. The van der Waals surface area contributed by atoms with Crippen LogP contribution in [0.5, 0.6) is 17.6 Å². The maximum absolute atomic E-state index is 16.8. The molecule has 0 radical (unpaired) electrons. The summed E-state index contributed by atoms with van der Waals surface area (Å²) in [5, 5.41) is 11.7. The smallest absolute Gasteiger partial charge is 0.319 e. The molecule has 0 aliphatic carbocycles. The van der Waals surface area contributed by atoms with E-state index in [0.29, 0.717) is 29.7 Å². The lowest BCUT2D eigenvalue weighted by Gasteiger charge is -2.30. The largest absolute Gasteiger partial charge is 0.508 e. The highest BCUT2D eigenvalue weighted by atomic mass is 19.1. The second-order valence-electron chi connectivity index (χ2n) is 11.7. The number of likely N-dealkylation sites (tertiary alicyclic amines) is 1. The number of aromatic nitrogens is 3. The van der Waals surface area contributed by atoms with Gasteiger partial charge in [-0.2, -0.15) is 9.97 Å². The molecule has 43 heavy (non-hydrogen) atoms. The molecular formula is C33H33F2N5O3. The third-order valence-electron chi connectivity index (χ3n) is 8.99. The van der Waals surface area contributed by atoms with Crippen LogP contribution in [-0.2, 0) is 0 Å². The SMILES string of the molecule is C#Cc1c(F)ccc2cc(O)cc(-c3nc4c5c6nc(nc5c3F)OC([C@@H]3CCCN3C)CCCCCCN6CCO4)c12. The van der Waals surface area contributed by atoms with Crippen LogP contribution in [-0.4, -0.2) is 70.4 Å². The summed E-state index contributed by atoms with van der Waals surface area (Å²) in [6.07, 6.45) is 12.7. The number of phenolic OH excluding ortho intramolecular Hbond substituents is 1. The van der Waals surface area contributed by atoms with Crippen LogP contribution in [0.4, 0.5) is 14.6 Å². The first-order valence-corrected chi connectivity index (χ1v) is 15.0. The topological polar surface area (TPSA) is 83.8 Å². The number of terminal acetylenes is 1. The minimum absolute atomic E-state index is 0.00219. The molecule has 4 aromatic rings. The fraction of sp³-hybridized carbons (Fsp3) is 0.424. The normalized spacial score (nSPS) is 21.1. The molecule has 0 saturated carbocycles. The van der Waals surface area contributed by atoms with Crippen LogP contribution < -0.4 is 14.4 Å². The van der Waals surface area contributed by atoms with Gasteiger partial charge in [-0.25, -0.2) is 13.8 Å². The molecule has 0 spiro atoms. The van der Waals surface area contributed by atoms with E-state index in [-0.39, 0.29) is 57.5 Å². The van der Waals surface area contributed by atoms with Crippen molar-refractivity contribution in [3.8, 4) is 41.2 Å². The van der Waals surface area contributed by atoms with E-state index in [1.807, 2.05) is 0 Å². The van der Waals surface area contributed by atoms with Gasteiger partial charge in [-0.1, -0.05) is 24.8 Å². The lowest BCUT2D eigenvalue weighted by atomic mass is 9.95. The number of phenols is 1. The first kappa shape index (κ1) is 27.6. The average Bonchev–Trinajstić information content (AvgIpc) is 3.34. The standard InChI is InChI=1S/C33H33F2N5O3/c1-3-21-23(34)12-11-19-17-20(41)18-22(26(19)21)29-28(35)30-27-31-38-33(37-30)43-25(24-9-8-13-39(24)2)10-6-4-5-7-14-40(31)15-16-42-32(27)36-29/h1,11-12,17-18,24-25,41H,4-10,13-16H2,2H3/t24-,25?/m0/s1. The van der Waals surface area contributed by atoms with E-state index in [4.69, 9.17) is 20.9 Å². The number of pyridine rings is 1. The fourth-order valence-electron chi connectivity index (χ4n) is 6.87. The molecule has 1 fully saturated rings. The van der Waals surface area contributed by atoms with Crippen LogP contribution >= 0.6 is 0 Å². The van der Waals surface area contributed by atoms with E-state index in [2.05, 4.69) is 32.7 Å². The molecule has 1 saturated heterocycles. The van der Waals surface area contributed by atoms with Crippen molar-refractivity contribution in [1.29, 1.82) is 0 Å². The van der Waals surface area contributed by atoms with Gasteiger partial charge < -0.3 is 19.5 Å². The van der Waals surface area contributed by atoms with Gasteiger partial charge in [-0.15, -0.1) is 6.42 Å². The second kappa shape index (κ2) is 11.1. The summed E-state index contributed by atoms with van der Waals surface area (Å²) < 4.78 is 44.3. The van der Waals surface area contributed by atoms with Crippen LogP contribution in [0.2, 0.25) is 0 Å². The summed E-state index contributed by atoms with van der Waals surface area (Å²) in [5.41, 5.74) is -0.0529. The number of halogens is 2. The molecule has 8 nitrogen and oxygen atoms in total. The zero-order valence-electron chi connectivity index (χ0n) is 24.1. The molecular weight excluding hydrogens is 552 g/mol. The van der Waals surface area contributed by atoms with Gasteiger partial charge in [0.25, 0.3) is 0 Å². The van der Waals surface area contributed by atoms with Crippen molar-refractivity contribution < 1.29 is 23.4 Å². The van der Waals surface area contributed by atoms with Gasteiger partial charge in [0, 0.05) is 23.5 Å². The molecule has 3 aliphatic heterocycles. The molecule has 3 aliphatic rings. The van der Waals surface area contributed by atoms with Crippen molar-refractivity contribution in [3.63, 3.8) is 0 Å². The molecule has 2 aromatic heterocycles. The Morgan fingerprint density at radius 1 is 0.977 bits per heavy atom. The van der Waals surface area contributed by atoms with E-state index >= 15 is 4.39 Å². The van der Waals surface area contributed by atoms with Crippen LogP contribution in [0.25, 0.3) is 32.9 Å². The number of benzene rings is 2. The summed E-state index contributed by atoms with van der Waals surface area (Å²) in [7, 11) is 2.11. The van der Waals surface area contributed by atoms with Gasteiger partial charge in [0.1, 0.15) is 46.7 Å². The molecule has 222 valence electrons. The third-order valence-corrected chi connectivity index (χ3v) is 8.99. The third kappa shape index (κ3) is 4.85. The quantitative estimate of drug-likeness (QED) is 0.295. The number of anilines is 1. The lowest BCUT2D eigenvalue weighted by molar-refractivity contribution is 0.0883. The van der Waals surface area contributed by atoms with Crippen LogP contribution in [0.3, 0.4) is 0 Å². The molecule has 1 unspecified atom stereocenters. The first-order chi connectivity index (χ1) is 20.9. The van der Waals surface area contributed by atoms with Crippen molar-refractivity contribution in [2.24, 2.45) is 0 Å². The number of fused-ring (bicyclic) bond motifs is 2. The second-order valence-corrected chi connectivity index (χ2v) is 11.7. The van der Waals surface area contributed by atoms with Crippen molar-refractivity contribution >= 4 is 27.5 Å². The number of likely N-dealkylation sites (N-methyl/N-ethyl adjacent to an activating group) is 1. The Morgan fingerprint density at radius 3 is 2.65 bits per heavy atom. The van der Waals surface area contributed by atoms with Gasteiger partial charge in [-0.05, 0) is 69.3 Å². The van der Waals surface area contributed by atoms with Gasteiger partial charge in [0.05, 0.1) is 12.1 Å². The zero-order valence-corrected chi connectivity index (χ0v) is 24.1. The van der Waals surface area contributed by atoms with Crippen molar-refractivity contribution in [1.82, 2.24) is 19.9 Å². The van der Waals surface area contributed by atoms with E-state index in [9.17, 15) is 9.50 Å². The summed E-state index contributed by atoms with van der Waals surface area (Å²) >= 11 is 0. The van der Waals surface area contributed by atoms with Crippen molar-refractivity contribution in [2.75, 3.05) is 38.2 Å². The van der Waals surface area contributed by atoms with E-state index in [1.54, 1.807) is 0 Å². The number of nitrogens with zero attached hydrogens (tertiary/aromatic N) is 5. The molecule has 1 N–H and O–H groups in total. The summed E-state index contributed by atoms with van der Waals surface area (Å²) in [6, 6.07) is 5.86. The number of hydrogen-bond donors (Lipinski definition) is 1. The summed E-state index contributed by atoms with van der Waals surface area (Å²) in [6.45, 7) is 2.58.